The fourth-order valence-corrected chi connectivity index (χ4v) is 1.75. The molecular weight excluding hydrogens is 274 g/mol. The largest absolute Gasteiger partial charge is 0.493 e. The SMILES string of the molecule is CCOc1ccc(-c2nnc(N)o2)cc1Br. The fraction of sp³-hybridized carbons (Fsp3) is 0.200. The van der Waals surface area contributed by atoms with E-state index in [-0.39, 0.29) is 6.01 Å². The van der Waals surface area contributed by atoms with Gasteiger partial charge in [0.1, 0.15) is 5.75 Å². The zero-order valence-electron chi connectivity index (χ0n) is 8.61. The minimum absolute atomic E-state index is 0.0556. The van der Waals surface area contributed by atoms with Gasteiger partial charge in [-0.25, -0.2) is 0 Å². The molecule has 0 bridgehead atoms. The number of nitrogen functional groups attached to an aromatic ring is 1. The van der Waals surface area contributed by atoms with Crippen molar-refractivity contribution in [2.45, 2.75) is 6.92 Å². The van der Waals surface area contributed by atoms with E-state index in [1.54, 1.807) is 0 Å². The van der Waals surface area contributed by atoms with E-state index >= 15 is 0 Å². The number of nitrogens with zero attached hydrogens (tertiary/aromatic N) is 2. The average Bonchev–Trinajstić information content (AvgIpc) is 2.68. The number of anilines is 1. The summed E-state index contributed by atoms with van der Waals surface area (Å²) in [6.07, 6.45) is 0. The van der Waals surface area contributed by atoms with Crippen LogP contribution in [0.5, 0.6) is 5.75 Å². The summed E-state index contributed by atoms with van der Waals surface area (Å²) in [7, 11) is 0. The highest BCUT2D eigenvalue weighted by Crippen LogP contribution is 2.30. The van der Waals surface area contributed by atoms with Gasteiger partial charge in [-0.1, -0.05) is 5.10 Å². The lowest BCUT2D eigenvalue weighted by atomic mass is 10.2. The smallest absolute Gasteiger partial charge is 0.313 e. The van der Waals surface area contributed by atoms with Gasteiger partial charge in [-0.2, -0.15) is 0 Å². The molecular formula is C10H10BrN3O2. The van der Waals surface area contributed by atoms with Crippen LogP contribution in [0.3, 0.4) is 0 Å². The summed E-state index contributed by atoms with van der Waals surface area (Å²) in [5.41, 5.74) is 6.15. The van der Waals surface area contributed by atoms with Crippen molar-refractivity contribution in [3.8, 4) is 17.2 Å². The first kappa shape index (κ1) is 10.9. The Labute approximate surface area is 101 Å². The molecule has 0 aliphatic carbocycles. The molecule has 0 saturated carbocycles. The number of hydrogen-bond donors (Lipinski definition) is 1. The van der Waals surface area contributed by atoms with E-state index < -0.39 is 0 Å². The molecule has 6 heteroatoms. The zero-order chi connectivity index (χ0) is 11.5. The van der Waals surface area contributed by atoms with Crippen LogP contribution in [0.2, 0.25) is 0 Å². The third kappa shape index (κ3) is 2.16. The van der Waals surface area contributed by atoms with E-state index in [4.69, 9.17) is 14.9 Å². The van der Waals surface area contributed by atoms with Gasteiger partial charge in [0, 0.05) is 5.56 Å². The zero-order valence-corrected chi connectivity index (χ0v) is 10.2. The van der Waals surface area contributed by atoms with Crippen molar-refractivity contribution in [3.63, 3.8) is 0 Å². The van der Waals surface area contributed by atoms with Crippen molar-refractivity contribution >= 4 is 21.9 Å². The predicted molar refractivity (Wildman–Crippen MR) is 63.0 cm³/mol. The minimum atomic E-state index is 0.0556. The van der Waals surface area contributed by atoms with Crippen LogP contribution < -0.4 is 10.5 Å². The lowest BCUT2D eigenvalue weighted by Gasteiger charge is -2.05. The summed E-state index contributed by atoms with van der Waals surface area (Å²) >= 11 is 3.41. The molecule has 0 saturated heterocycles. The molecule has 0 spiro atoms. The van der Waals surface area contributed by atoms with Crippen LogP contribution in [0.15, 0.2) is 27.1 Å². The summed E-state index contributed by atoms with van der Waals surface area (Å²) in [5, 5.41) is 7.40. The lowest BCUT2D eigenvalue weighted by Crippen LogP contribution is -1.92. The molecule has 1 aromatic heterocycles. The first-order chi connectivity index (χ1) is 7.70. The molecule has 0 fully saturated rings. The number of benzene rings is 1. The second kappa shape index (κ2) is 4.52. The lowest BCUT2D eigenvalue weighted by molar-refractivity contribution is 0.338. The molecule has 16 heavy (non-hydrogen) atoms. The number of rotatable bonds is 3. The number of aromatic nitrogens is 2. The van der Waals surface area contributed by atoms with E-state index in [0.717, 1.165) is 15.8 Å². The van der Waals surface area contributed by atoms with Crippen LogP contribution in [-0.4, -0.2) is 16.8 Å². The molecule has 2 aromatic rings. The maximum absolute atomic E-state index is 5.39. The molecule has 1 aromatic carbocycles. The maximum atomic E-state index is 5.39. The molecule has 5 nitrogen and oxygen atoms in total. The Bertz CT molecular complexity index is 499. The molecule has 2 rings (SSSR count). The van der Waals surface area contributed by atoms with Gasteiger partial charge >= 0.3 is 6.01 Å². The van der Waals surface area contributed by atoms with Gasteiger partial charge in [-0.3, -0.25) is 0 Å². The highest BCUT2D eigenvalue weighted by Gasteiger charge is 2.09. The molecule has 2 N–H and O–H groups in total. The molecule has 0 aliphatic heterocycles. The third-order valence-electron chi connectivity index (χ3n) is 1.92. The van der Waals surface area contributed by atoms with Crippen LogP contribution in [0.25, 0.3) is 11.5 Å². The summed E-state index contributed by atoms with van der Waals surface area (Å²) in [5.74, 6) is 1.17. The topological polar surface area (TPSA) is 74.2 Å². The molecule has 0 radical (unpaired) electrons. The molecule has 1 heterocycles. The molecule has 0 unspecified atom stereocenters. The first-order valence-electron chi connectivity index (χ1n) is 4.72. The maximum Gasteiger partial charge on any atom is 0.313 e. The van der Waals surface area contributed by atoms with Crippen LogP contribution in [-0.2, 0) is 0 Å². The molecule has 84 valence electrons. The predicted octanol–water partition coefficient (Wildman–Crippen LogP) is 2.48. The number of hydrogen-bond acceptors (Lipinski definition) is 5. The normalized spacial score (nSPS) is 10.4. The molecule has 0 amide bonds. The Hall–Kier alpha value is -1.56. The number of nitrogens with two attached hydrogens (primary N) is 1. The van der Waals surface area contributed by atoms with Gasteiger partial charge in [0.05, 0.1) is 11.1 Å². The molecule has 0 aliphatic rings. The van der Waals surface area contributed by atoms with Gasteiger partial charge < -0.3 is 14.9 Å². The Morgan fingerprint density at radius 1 is 1.44 bits per heavy atom. The van der Waals surface area contributed by atoms with E-state index in [2.05, 4.69) is 26.1 Å². The fourth-order valence-electron chi connectivity index (χ4n) is 1.26. The highest BCUT2D eigenvalue weighted by atomic mass is 79.9. The summed E-state index contributed by atoms with van der Waals surface area (Å²) < 4.78 is 11.3. The van der Waals surface area contributed by atoms with Gasteiger partial charge in [0.25, 0.3) is 0 Å². The van der Waals surface area contributed by atoms with E-state index in [1.807, 2.05) is 25.1 Å². The van der Waals surface area contributed by atoms with E-state index in [0.29, 0.717) is 12.5 Å². The quantitative estimate of drug-likeness (QED) is 0.937. The van der Waals surface area contributed by atoms with Crippen LogP contribution >= 0.6 is 15.9 Å². The number of ether oxygens (including phenoxy) is 1. The standard InChI is InChI=1S/C10H10BrN3O2/c1-2-15-8-4-3-6(5-7(8)11)9-13-14-10(12)16-9/h3-5H,2H2,1H3,(H2,12,14). The highest BCUT2D eigenvalue weighted by molar-refractivity contribution is 9.10. The minimum Gasteiger partial charge on any atom is -0.493 e. The van der Waals surface area contributed by atoms with Crippen molar-refractivity contribution in [1.82, 2.24) is 10.2 Å². The van der Waals surface area contributed by atoms with Gasteiger partial charge in [0.2, 0.25) is 5.89 Å². The monoisotopic (exact) mass is 283 g/mol. The van der Waals surface area contributed by atoms with Gasteiger partial charge in [-0.15, -0.1) is 5.10 Å². The Morgan fingerprint density at radius 3 is 2.81 bits per heavy atom. The van der Waals surface area contributed by atoms with Crippen molar-refractivity contribution < 1.29 is 9.15 Å². The van der Waals surface area contributed by atoms with Crippen molar-refractivity contribution in [3.05, 3.63) is 22.7 Å². The van der Waals surface area contributed by atoms with E-state index in [1.165, 1.54) is 0 Å². The second-order valence-electron chi connectivity index (χ2n) is 3.02. The summed E-state index contributed by atoms with van der Waals surface area (Å²) in [6.45, 7) is 2.55. The summed E-state index contributed by atoms with van der Waals surface area (Å²) in [4.78, 5) is 0. The summed E-state index contributed by atoms with van der Waals surface area (Å²) in [6, 6.07) is 5.57. The average molecular weight is 284 g/mol. The molecule has 0 atom stereocenters. The van der Waals surface area contributed by atoms with Gasteiger partial charge in [-0.05, 0) is 41.1 Å². The Balaban J connectivity index is 2.34. The Morgan fingerprint density at radius 2 is 2.25 bits per heavy atom. The van der Waals surface area contributed by atoms with Crippen LogP contribution in [0.1, 0.15) is 6.92 Å². The van der Waals surface area contributed by atoms with Crippen molar-refractivity contribution in [2.75, 3.05) is 12.3 Å². The van der Waals surface area contributed by atoms with Gasteiger partial charge in [0.15, 0.2) is 0 Å². The van der Waals surface area contributed by atoms with Crippen LogP contribution in [0.4, 0.5) is 6.01 Å². The van der Waals surface area contributed by atoms with Crippen molar-refractivity contribution in [2.24, 2.45) is 0 Å². The van der Waals surface area contributed by atoms with Crippen LogP contribution in [0, 0.1) is 0 Å². The Kier molecular flexibility index (Phi) is 3.09. The van der Waals surface area contributed by atoms with E-state index in [9.17, 15) is 0 Å². The first-order valence-corrected chi connectivity index (χ1v) is 5.51. The van der Waals surface area contributed by atoms with Crippen molar-refractivity contribution in [1.29, 1.82) is 0 Å². The third-order valence-corrected chi connectivity index (χ3v) is 2.54. The number of halogens is 1. The second-order valence-corrected chi connectivity index (χ2v) is 3.88.